The molecule has 23 heavy (non-hydrogen) atoms. The second kappa shape index (κ2) is 7.82. The first-order chi connectivity index (χ1) is 10.9. The minimum atomic E-state index is -0.424. The summed E-state index contributed by atoms with van der Waals surface area (Å²) >= 11 is 0. The van der Waals surface area contributed by atoms with Gasteiger partial charge in [-0.2, -0.15) is 0 Å². The van der Waals surface area contributed by atoms with Gasteiger partial charge in [-0.25, -0.2) is 4.79 Å². The van der Waals surface area contributed by atoms with E-state index in [4.69, 9.17) is 4.74 Å². The molecule has 1 aliphatic rings. The smallest absolute Gasteiger partial charge is 0.410 e. The number of rotatable bonds is 4. The van der Waals surface area contributed by atoms with Crippen LogP contribution in [0.5, 0.6) is 0 Å². The molecule has 0 spiro atoms. The van der Waals surface area contributed by atoms with Crippen molar-refractivity contribution in [3.63, 3.8) is 0 Å². The van der Waals surface area contributed by atoms with E-state index in [9.17, 15) is 4.79 Å². The topological polar surface area (TPSA) is 41.6 Å². The molecule has 1 aromatic carbocycles. The first-order valence-corrected chi connectivity index (χ1v) is 8.58. The Bertz CT molecular complexity index is 488. The number of piperidine rings is 1. The number of amides is 1. The number of ether oxygens (including phenoxy) is 1. The maximum atomic E-state index is 12.2. The molecule has 4 nitrogen and oxygen atoms in total. The lowest BCUT2D eigenvalue weighted by molar-refractivity contribution is 0.0174. The van der Waals surface area contributed by atoms with Crippen LogP contribution in [0.3, 0.4) is 0 Å². The molecule has 1 heterocycles. The van der Waals surface area contributed by atoms with Gasteiger partial charge in [-0.1, -0.05) is 30.3 Å². The van der Waals surface area contributed by atoms with E-state index >= 15 is 0 Å². The van der Waals surface area contributed by atoms with E-state index in [0.29, 0.717) is 11.8 Å². The van der Waals surface area contributed by atoms with Crippen molar-refractivity contribution in [2.24, 2.45) is 5.92 Å². The molecule has 1 atom stereocenters. The maximum Gasteiger partial charge on any atom is 0.410 e. The molecule has 0 bridgehead atoms. The van der Waals surface area contributed by atoms with Crippen molar-refractivity contribution in [1.29, 1.82) is 0 Å². The Balaban J connectivity index is 1.95. The van der Waals surface area contributed by atoms with E-state index in [2.05, 4.69) is 35.6 Å². The number of benzene rings is 1. The molecule has 1 aliphatic heterocycles. The van der Waals surface area contributed by atoms with E-state index in [1.807, 2.05) is 32.7 Å². The van der Waals surface area contributed by atoms with Gasteiger partial charge < -0.3 is 15.0 Å². The molecule has 1 amide bonds. The normalized spacial score (nSPS) is 17.8. The molecule has 0 saturated carbocycles. The average Bonchev–Trinajstić information content (AvgIpc) is 2.52. The van der Waals surface area contributed by atoms with Gasteiger partial charge in [0.1, 0.15) is 5.60 Å². The van der Waals surface area contributed by atoms with Crippen LogP contribution in [-0.2, 0) is 4.74 Å². The zero-order chi connectivity index (χ0) is 16.9. The first kappa shape index (κ1) is 17.8. The molecule has 1 unspecified atom stereocenters. The zero-order valence-corrected chi connectivity index (χ0v) is 14.8. The molecule has 0 radical (unpaired) electrons. The van der Waals surface area contributed by atoms with Crippen LogP contribution >= 0.6 is 0 Å². The summed E-state index contributed by atoms with van der Waals surface area (Å²) in [7, 11) is 2.01. The lowest BCUT2D eigenvalue weighted by Crippen LogP contribution is -2.43. The predicted molar refractivity (Wildman–Crippen MR) is 93.6 cm³/mol. The third-order valence-corrected chi connectivity index (χ3v) is 4.41. The fraction of sp³-hybridized carbons (Fsp3) is 0.632. The molecule has 1 saturated heterocycles. The van der Waals surface area contributed by atoms with Crippen molar-refractivity contribution in [3.05, 3.63) is 35.9 Å². The number of hydrogen-bond acceptors (Lipinski definition) is 3. The summed E-state index contributed by atoms with van der Waals surface area (Å²) in [6.45, 7) is 8.28. The predicted octanol–water partition coefficient (Wildman–Crippen LogP) is 3.64. The van der Waals surface area contributed by atoms with Crippen molar-refractivity contribution in [1.82, 2.24) is 10.2 Å². The average molecular weight is 318 g/mol. The van der Waals surface area contributed by atoms with Gasteiger partial charge in [0.15, 0.2) is 0 Å². The third kappa shape index (κ3) is 5.24. The Morgan fingerprint density at radius 3 is 2.39 bits per heavy atom. The Kier molecular flexibility index (Phi) is 6.05. The van der Waals surface area contributed by atoms with E-state index in [-0.39, 0.29) is 6.09 Å². The fourth-order valence-electron chi connectivity index (χ4n) is 3.29. The van der Waals surface area contributed by atoms with Crippen LogP contribution in [0.2, 0.25) is 0 Å². The highest BCUT2D eigenvalue weighted by atomic mass is 16.6. The number of carbonyl (C=O) groups is 1. The number of nitrogens with zero attached hydrogens (tertiary/aromatic N) is 1. The number of nitrogens with one attached hydrogen (secondary N) is 1. The Morgan fingerprint density at radius 1 is 1.26 bits per heavy atom. The van der Waals surface area contributed by atoms with E-state index in [0.717, 1.165) is 32.5 Å². The lowest BCUT2D eigenvalue weighted by atomic mass is 9.80. The highest BCUT2D eigenvalue weighted by Crippen LogP contribution is 2.32. The fourth-order valence-corrected chi connectivity index (χ4v) is 3.29. The molecular formula is C19H30N2O2. The third-order valence-electron chi connectivity index (χ3n) is 4.41. The molecule has 128 valence electrons. The second-order valence-corrected chi connectivity index (χ2v) is 7.38. The molecule has 1 fully saturated rings. The Labute approximate surface area is 140 Å². The van der Waals surface area contributed by atoms with Crippen LogP contribution in [0.1, 0.15) is 45.1 Å². The monoisotopic (exact) mass is 318 g/mol. The Morgan fingerprint density at radius 2 is 1.87 bits per heavy atom. The van der Waals surface area contributed by atoms with Gasteiger partial charge in [0.05, 0.1) is 0 Å². The van der Waals surface area contributed by atoms with Gasteiger partial charge in [-0.05, 0) is 58.1 Å². The van der Waals surface area contributed by atoms with Gasteiger partial charge in [0.2, 0.25) is 0 Å². The molecule has 2 rings (SSSR count). The number of carbonyl (C=O) groups excluding carboxylic acids is 1. The highest BCUT2D eigenvalue weighted by Gasteiger charge is 2.30. The van der Waals surface area contributed by atoms with Crippen LogP contribution in [0, 0.1) is 5.92 Å². The standard InChI is InChI=1S/C19H30N2O2/c1-19(2,3)23-18(22)21-12-10-16(11-13-21)17(14-20-4)15-8-6-5-7-9-15/h5-9,16-17,20H,10-14H2,1-4H3. The summed E-state index contributed by atoms with van der Waals surface area (Å²) in [6, 6.07) is 10.7. The van der Waals surface area contributed by atoms with Crippen LogP contribution in [0.15, 0.2) is 30.3 Å². The molecule has 1 N–H and O–H groups in total. The lowest BCUT2D eigenvalue weighted by Gasteiger charge is -2.37. The van der Waals surface area contributed by atoms with Gasteiger partial charge >= 0.3 is 6.09 Å². The van der Waals surface area contributed by atoms with Gasteiger partial charge in [-0.3, -0.25) is 0 Å². The van der Waals surface area contributed by atoms with Crippen LogP contribution in [0.4, 0.5) is 4.79 Å². The first-order valence-electron chi connectivity index (χ1n) is 8.58. The molecular weight excluding hydrogens is 288 g/mol. The van der Waals surface area contributed by atoms with Crippen LogP contribution < -0.4 is 5.32 Å². The minimum Gasteiger partial charge on any atom is -0.444 e. The van der Waals surface area contributed by atoms with Gasteiger partial charge in [0.25, 0.3) is 0 Å². The largest absolute Gasteiger partial charge is 0.444 e. The summed E-state index contributed by atoms with van der Waals surface area (Å²) in [5.74, 6) is 1.10. The summed E-state index contributed by atoms with van der Waals surface area (Å²) in [4.78, 5) is 14.0. The molecule has 1 aromatic rings. The number of likely N-dealkylation sites (tertiary alicyclic amines) is 1. The second-order valence-electron chi connectivity index (χ2n) is 7.38. The number of likely N-dealkylation sites (N-methyl/N-ethyl adjacent to an activating group) is 1. The summed E-state index contributed by atoms with van der Waals surface area (Å²) in [6.07, 6.45) is 1.88. The van der Waals surface area contributed by atoms with Crippen molar-refractivity contribution in [2.45, 2.75) is 45.1 Å². The van der Waals surface area contributed by atoms with E-state index in [1.165, 1.54) is 5.56 Å². The van der Waals surface area contributed by atoms with E-state index < -0.39 is 5.60 Å². The van der Waals surface area contributed by atoms with Crippen LogP contribution in [-0.4, -0.2) is 43.3 Å². The summed E-state index contributed by atoms with van der Waals surface area (Å²) in [5, 5.41) is 3.32. The molecule has 0 aliphatic carbocycles. The summed E-state index contributed by atoms with van der Waals surface area (Å²) in [5.41, 5.74) is 0.963. The number of hydrogen-bond donors (Lipinski definition) is 1. The summed E-state index contributed by atoms with van der Waals surface area (Å²) < 4.78 is 5.48. The molecule has 0 aromatic heterocycles. The maximum absolute atomic E-state index is 12.2. The van der Waals surface area contributed by atoms with Crippen molar-refractivity contribution in [2.75, 3.05) is 26.7 Å². The van der Waals surface area contributed by atoms with Gasteiger partial charge in [-0.15, -0.1) is 0 Å². The Hall–Kier alpha value is -1.55. The van der Waals surface area contributed by atoms with Crippen molar-refractivity contribution in [3.8, 4) is 0 Å². The van der Waals surface area contributed by atoms with Crippen LogP contribution in [0.25, 0.3) is 0 Å². The van der Waals surface area contributed by atoms with Crippen molar-refractivity contribution < 1.29 is 9.53 Å². The van der Waals surface area contributed by atoms with E-state index in [1.54, 1.807) is 0 Å². The SMILES string of the molecule is CNCC(c1ccccc1)C1CCN(C(=O)OC(C)(C)C)CC1. The van der Waals surface area contributed by atoms with Gasteiger partial charge in [0, 0.05) is 19.6 Å². The molecule has 4 heteroatoms. The minimum absolute atomic E-state index is 0.180. The highest BCUT2D eigenvalue weighted by molar-refractivity contribution is 5.68. The van der Waals surface area contributed by atoms with Crippen molar-refractivity contribution >= 4 is 6.09 Å². The zero-order valence-electron chi connectivity index (χ0n) is 14.8. The quantitative estimate of drug-likeness (QED) is 0.921.